The number of benzene rings is 1. The fourth-order valence-electron chi connectivity index (χ4n) is 3.25. The predicted molar refractivity (Wildman–Crippen MR) is 109 cm³/mol. The van der Waals surface area contributed by atoms with Crippen molar-refractivity contribution in [3.63, 3.8) is 0 Å². The molecule has 0 saturated carbocycles. The summed E-state index contributed by atoms with van der Waals surface area (Å²) in [5.74, 6) is 0. The van der Waals surface area contributed by atoms with E-state index >= 15 is 0 Å². The third kappa shape index (κ3) is 6.97. The molecule has 0 aliphatic carbocycles. The number of unbranched alkanes of at least 4 members (excludes halogenated alkanes) is 1. The molecule has 4 rings (SSSR count). The standard InChI is InChI=1S/C15H14N.C9H13.2ClH.Ti/c1-11-7-12(2)16(10-11)15-8-13-5-3-4-6-14(13)9-15;1-2-3-6-9-7-4-5-8-9;;;/h3-10H,1-2H3;4-5,7-8H,2-3,6H2,1H3;2*1H;/q2*-1;;;+4/p-2. The normalized spacial score (nSPS) is 9.54. The molecule has 4 aromatic rings. The molecule has 1 heterocycles. The number of aromatic nitrogens is 1. The fourth-order valence-corrected chi connectivity index (χ4v) is 3.25. The number of aryl methyl sites for hydroxylation is 3. The number of halogens is 2. The average Bonchev–Trinajstić information content (AvgIpc) is 3.32. The smallest absolute Gasteiger partial charge is 1.00 e. The van der Waals surface area contributed by atoms with Gasteiger partial charge >= 0.3 is 21.7 Å². The van der Waals surface area contributed by atoms with Crippen molar-refractivity contribution < 1.29 is 46.5 Å². The summed E-state index contributed by atoms with van der Waals surface area (Å²) < 4.78 is 2.25. The summed E-state index contributed by atoms with van der Waals surface area (Å²) in [6, 6.07) is 23.7. The molecule has 0 atom stereocenters. The SMILES string of the molecule is CCCC[c-]1cccc1.Cc1cc(C)n(-c2cc3ccccc3[cH-]2)c1.[Cl-].[Cl-].[Ti+4]. The van der Waals surface area contributed by atoms with Gasteiger partial charge in [-0.05, 0) is 31.2 Å². The molecule has 1 aromatic heterocycles. The second kappa shape index (κ2) is 13.1. The molecule has 0 unspecified atom stereocenters. The van der Waals surface area contributed by atoms with E-state index in [1.54, 1.807) is 0 Å². The molecule has 4 heteroatoms. The first kappa shape index (κ1) is 26.8. The minimum atomic E-state index is 0. The van der Waals surface area contributed by atoms with Crippen LogP contribution in [0.15, 0.2) is 72.9 Å². The van der Waals surface area contributed by atoms with Gasteiger partial charge in [0.15, 0.2) is 0 Å². The Bertz CT molecular complexity index is 886. The van der Waals surface area contributed by atoms with Crippen LogP contribution in [-0.2, 0) is 28.1 Å². The van der Waals surface area contributed by atoms with Crippen LogP contribution in [0.2, 0.25) is 0 Å². The van der Waals surface area contributed by atoms with Gasteiger partial charge in [-0.25, -0.2) is 12.1 Å². The molecule has 0 aliphatic rings. The number of hydrogen-bond donors (Lipinski definition) is 0. The van der Waals surface area contributed by atoms with Crippen LogP contribution >= 0.6 is 0 Å². The molecule has 0 bridgehead atoms. The van der Waals surface area contributed by atoms with Gasteiger partial charge in [-0.3, -0.25) is 0 Å². The van der Waals surface area contributed by atoms with Gasteiger partial charge in [-0.2, -0.15) is 17.7 Å². The molecule has 0 amide bonds. The van der Waals surface area contributed by atoms with Crippen molar-refractivity contribution in [2.75, 3.05) is 0 Å². The maximum absolute atomic E-state index is 2.25. The molecule has 3 aromatic carbocycles. The van der Waals surface area contributed by atoms with Gasteiger partial charge in [0.2, 0.25) is 0 Å². The molecule has 0 spiro atoms. The average molecular weight is 448 g/mol. The Balaban J connectivity index is 0.000000533. The second-order valence-corrected chi connectivity index (χ2v) is 6.77. The Morgan fingerprint density at radius 3 is 2.21 bits per heavy atom. The number of fused-ring (bicyclic) bond motifs is 1. The zero-order chi connectivity index (χ0) is 17.6. The second-order valence-electron chi connectivity index (χ2n) is 6.77. The predicted octanol–water partition coefficient (Wildman–Crippen LogP) is 0.720. The van der Waals surface area contributed by atoms with E-state index in [4.69, 9.17) is 0 Å². The molecule has 1 nitrogen and oxygen atoms in total. The number of hydrogen-bond acceptors (Lipinski definition) is 0. The summed E-state index contributed by atoms with van der Waals surface area (Å²) in [6.07, 6.45) is 6.06. The molecular formula is C24H27Cl2NTi. The Hall–Kier alpha value is -1.25. The third-order valence-corrected chi connectivity index (χ3v) is 4.58. The summed E-state index contributed by atoms with van der Waals surface area (Å²) in [4.78, 5) is 0. The third-order valence-electron chi connectivity index (χ3n) is 4.58. The zero-order valence-corrected chi connectivity index (χ0v) is 19.8. The largest absolute Gasteiger partial charge is 4.00 e. The van der Waals surface area contributed by atoms with Gasteiger partial charge in [-0.15, -0.1) is 41.1 Å². The van der Waals surface area contributed by atoms with Crippen LogP contribution in [0.3, 0.4) is 0 Å². The van der Waals surface area contributed by atoms with E-state index in [1.807, 2.05) is 0 Å². The van der Waals surface area contributed by atoms with Gasteiger partial charge in [0.05, 0.1) is 0 Å². The van der Waals surface area contributed by atoms with Crippen molar-refractivity contribution in [1.29, 1.82) is 0 Å². The van der Waals surface area contributed by atoms with Crippen LogP contribution in [0, 0.1) is 13.8 Å². The Labute approximate surface area is 196 Å². The Morgan fingerprint density at radius 2 is 1.64 bits per heavy atom. The fraction of sp³-hybridized carbons (Fsp3) is 0.250. The van der Waals surface area contributed by atoms with Crippen LogP contribution in [-0.4, -0.2) is 4.57 Å². The van der Waals surface area contributed by atoms with Crippen molar-refractivity contribution in [3.8, 4) is 5.69 Å². The van der Waals surface area contributed by atoms with Gasteiger partial charge in [0.25, 0.3) is 0 Å². The Kier molecular flexibility index (Phi) is 12.5. The van der Waals surface area contributed by atoms with Crippen LogP contribution in [0.4, 0.5) is 0 Å². The molecule has 0 saturated heterocycles. The van der Waals surface area contributed by atoms with E-state index in [0.717, 1.165) is 0 Å². The summed E-state index contributed by atoms with van der Waals surface area (Å²) in [5.41, 5.74) is 5.33. The minimum Gasteiger partial charge on any atom is -1.00 e. The van der Waals surface area contributed by atoms with E-state index in [-0.39, 0.29) is 46.5 Å². The maximum atomic E-state index is 2.25. The summed E-state index contributed by atoms with van der Waals surface area (Å²) in [7, 11) is 0. The van der Waals surface area contributed by atoms with E-state index < -0.39 is 0 Å². The van der Waals surface area contributed by atoms with Crippen LogP contribution in [0.5, 0.6) is 0 Å². The van der Waals surface area contributed by atoms with Gasteiger partial charge < -0.3 is 29.4 Å². The van der Waals surface area contributed by atoms with Crippen molar-refractivity contribution in [2.45, 2.75) is 40.0 Å². The van der Waals surface area contributed by atoms with Crippen LogP contribution in [0.25, 0.3) is 16.5 Å². The van der Waals surface area contributed by atoms with Gasteiger partial charge in [0, 0.05) is 11.9 Å². The van der Waals surface area contributed by atoms with Crippen molar-refractivity contribution in [2.24, 2.45) is 0 Å². The summed E-state index contributed by atoms with van der Waals surface area (Å²) >= 11 is 0. The zero-order valence-electron chi connectivity index (χ0n) is 16.8. The number of rotatable bonds is 4. The van der Waals surface area contributed by atoms with E-state index in [1.165, 1.54) is 52.5 Å². The molecule has 0 radical (unpaired) electrons. The molecule has 28 heavy (non-hydrogen) atoms. The topological polar surface area (TPSA) is 4.93 Å². The Morgan fingerprint density at radius 1 is 0.964 bits per heavy atom. The summed E-state index contributed by atoms with van der Waals surface area (Å²) in [5, 5.41) is 2.62. The summed E-state index contributed by atoms with van der Waals surface area (Å²) in [6.45, 7) is 6.50. The van der Waals surface area contributed by atoms with Crippen molar-refractivity contribution >= 4 is 10.8 Å². The molecule has 0 N–H and O–H groups in total. The first-order chi connectivity index (χ1) is 12.2. The number of nitrogens with zero attached hydrogens (tertiary/aromatic N) is 1. The molecule has 0 fully saturated rings. The monoisotopic (exact) mass is 447 g/mol. The quantitative estimate of drug-likeness (QED) is 0.321. The van der Waals surface area contributed by atoms with E-state index in [9.17, 15) is 0 Å². The first-order valence-electron chi connectivity index (χ1n) is 9.19. The van der Waals surface area contributed by atoms with Crippen molar-refractivity contribution in [1.82, 2.24) is 4.57 Å². The first-order valence-corrected chi connectivity index (χ1v) is 9.19. The van der Waals surface area contributed by atoms with Gasteiger partial charge in [-0.1, -0.05) is 32.3 Å². The van der Waals surface area contributed by atoms with Crippen molar-refractivity contribution in [3.05, 3.63) is 89.7 Å². The van der Waals surface area contributed by atoms with Crippen LogP contribution < -0.4 is 24.8 Å². The molecule has 0 aliphatic heterocycles. The minimum absolute atomic E-state index is 0. The maximum Gasteiger partial charge on any atom is 4.00 e. The van der Waals surface area contributed by atoms with E-state index in [0.29, 0.717) is 0 Å². The molecular weight excluding hydrogens is 421 g/mol. The van der Waals surface area contributed by atoms with E-state index in [2.05, 4.69) is 98.3 Å². The van der Waals surface area contributed by atoms with Gasteiger partial charge in [0.1, 0.15) is 0 Å². The van der Waals surface area contributed by atoms with Crippen LogP contribution in [0.1, 0.15) is 36.6 Å². The molecule has 146 valence electrons.